The maximum absolute atomic E-state index is 13.1. The summed E-state index contributed by atoms with van der Waals surface area (Å²) in [6.45, 7) is 3.90. The third-order valence-electron chi connectivity index (χ3n) is 16.0. The summed E-state index contributed by atoms with van der Waals surface area (Å²) < 4.78 is 11.4. The van der Waals surface area contributed by atoms with Gasteiger partial charge in [-0.25, -0.2) is 0 Å². The van der Waals surface area contributed by atoms with Crippen molar-refractivity contribution in [2.45, 2.75) is 384 Å². The van der Waals surface area contributed by atoms with Gasteiger partial charge in [0.2, 0.25) is 5.91 Å². The summed E-state index contributed by atoms with van der Waals surface area (Å²) >= 11 is 0. The molecule has 72 heavy (non-hydrogen) atoms. The van der Waals surface area contributed by atoms with E-state index in [-0.39, 0.29) is 12.5 Å². The van der Waals surface area contributed by atoms with Crippen molar-refractivity contribution >= 4 is 5.91 Å². The first-order valence-electron chi connectivity index (χ1n) is 32.2. The molecule has 0 aromatic heterocycles. The van der Waals surface area contributed by atoms with Gasteiger partial charge in [0, 0.05) is 6.42 Å². The molecular weight excluding hydrogens is 899 g/mol. The molecule has 1 saturated heterocycles. The fourth-order valence-corrected chi connectivity index (χ4v) is 10.9. The molecule has 430 valence electrons. The normalized spacial score (nSPS) is 19.0. The summed E-state index contributed by atoms with van der Waals surface area (Å²) in [5, 5.41) is 54.8. The largest absolute Gasteiger partial charge is 0.394 e. The average Bonchev–Trinajstić information content (AvgIpc) is 3.38. The van der Waals surface area contributed by atoms with Crippen molar-refractivity contribution in [1.29, 1.82) is 0 Å². The Bertz CT molecular complexity index is 1100. The van der Waals surface area contributed by atoms with Crippen molar-refractivity contribution in [2.24, 2.45) is 0 Å². The van der Waals surface area contributed by atoms with Crippen molar-refractivity contribution in [3.05, 3.63) is 0 Å². The molecule has 1 aliphatic heterocycles. The fourth-order valence-electron chi connectivity index (χ4n) is 10.9. The van der Waals surface area contributed by atoms with Crippen LogP contribution < -0.4 is 5.32 Å². The molecular formula is C63H125NO8. The van der Waals surface area contributed by atoms with Crippen molar-refractivity contribution in [1.82, 2.24) is 5.32 Å². The van der Waals surface area contributed by atoms with Crippen LogP contribution in [-0.4, -0.2) is 87.5 Å². The van der Waals surface area contributed by atoms with Crippen molar-refractivity contribution < 1.29 is 39.8 Å². The average molecular weight is 1020 g/mol. The molecule has 7 unspecified atom stereocenters. The highest BCUT2D eigenvalue weighted by Crippen LogP contribution is 2.24. The topological polar surface area (TPSA) is 149 Å². The third kappa shape index (κ3) is 42.3. The summed E-state index contributed by atoms with van der Waals surface area (Å²) in [5.41, 5.74) is 0. The number of unbranched alkanes of at least 4 members (excludes halogenated alkanes) is 47. The molecule has 0 aromatic rings. The Morgan fingerprint density at radius 1 is 0.417 bits per heavy atom. The molecule has 6 N–H and O–H groups in total. The van der Waals surface area contributed by atoms with Crippen molar-refractivity contribution in [3.63, 3.8) is 0 Å². The first kappa shape index (κ1) is 69.2. The van der Waals surface area contributed by atoms with E-state index in [4.69, 9.17) is 9.47 Å². The highest BCUT2D eigenvalue weighted by molar-refractivity contribution is 5.76. The van der Waals surface area contributed by atoms with Gasteiger partial charge >= 0.3 is 0 Å². The lowest BCUT2D eigenvalue weighted by Crippen LogP contribution is -2.60. The van der Waals surface area contributed by atoms with E-state index in [9.17, 15) is 30.3 Å². The Morgan fingerprint density at radius 2 is 0.694 bits per heavy atom. The van der Waals surface area contributed by atoms with Crippen LogP contribution in [0.25, 0.3) is 0 Å². The van der Waals surface area contributed by atoms with Gasteiger partial charge in [-0.3, -0.25) is 4.79 Å². The van der Waals surface area contributed by atoms with Crippen LogP contribution in [0.1, 0.15) is 341 Å². The molecule has 7 atom stereocenters. The standard InChI is InChI=1S/C63H125NO8/c1-3-5-7-9-11-13-15-17-19-21-23-25-27-29-31-33-35-37-39-41-43-45-47-49-51-53-59(67)64-56(55-71-63-62(70)61(69)60(68)58(54-65)72-63)57(66)52-50-48-46-44-42-40-38-36-34-32-30-28-26-24-22-20-18-16-14-12-10-8-6-4-2/h56-58,60-63,65-66,68-70H,3-55H2,1-2H3,(H,64,67). The number of carbonyl (C=O) groups is 1. The molecule has 0 spiro atoms. The summed E-state index contributed by atoms with van der Waals surface area (Å²) in [4.78, 5) is 13.1. The zero-order chi connectivity index (χ0) is 52.2. The van der Waals surface area contributed by atoms with Gasteiger partial charge in [0.25, 0.3) is 0 Å². The fraction of sp³-hybridized carbons (Fsp3) is 0.984. The highest BCUT2D eigenvalue weighted by atomic mass is 16.7. The summed E-state index contributed by atoms with van der Waals surface area (Å²) in [5.74, 6) is -0.134. The van der Waals surface area contributed by atoms with E-state index in [0.29, 0.717) is 12.8 Å². The molecule has 1 heterocycles. The summed E-state index contributed by atoms with van der Waals surface area (Å²) in [6, 6.07) is -0.714. The number of hydrogen-bond donors (Lipinski definition) is 6. The van der Waals surface area contributed by atoms with Crippen molar-refractivity contribution in [3.8, 4) is 0 Å². The maximum atomic E-state index is 13.1. The number of ether oxygens (including phenoxy) is 2. The molecule has 0 saturated carbocycles. The predicted molar refractivity (Wildman–Crippen MR) is 304 cm³/mol. The second kappa shape index (κ2) is 53.6. The molecule has 1 amide bonds. The second-order valence-corrected chi connectivity index (χ2v) is 22.9. The van der Waals surface area contributed by atoms with Crippen LogP contribution in [0.5, 0.6) is 0 Å². The molecule has 0 radical (unpaired) electrons. The quantitative estimate of drug-likeness (QED) is 0.0330. The number of rotatable bonds is 57. The van der Waals surface area contributed by atoms with Gasteiger partial charge in [-0.2, -0.15) is 0 Å². The molecule has 1 fully saturated rings. The minimum Gasteiger partial charge on any atom is -0.394 e. The van der Waals surface area contributed by atoms with E-state index < -0.39 is 49.5 Å². The van der Waals surface area contributed by atoms with E-state index in [1.807, 2.05) is 0 Å². The van der Waals surface area contributed by atoms with Crippen LogP contribution in [0.2, 0.25) is 0 Å². The van der Waals surface area contributed by atoms with Crippen LogP contribution in [0.15, 0.2) is 0 Å². The summed E-state index contributed by atoms with van der Waals surface area (Å²) in [6.07, 6.45) is 58.6. The molecule has 0 aliphatic carbocycles. The zero-order valence-electron chi connectivity index (χ0n) is 48.0. The van der Waals surface area contributed by atoms with E-state index in [1.165, 1.54) is 276 Å². The molecule has 0 bridgehead atoms. The number of hydrogen-bond acceptors (Lipinski definition) is 8. The number of aliphatic hydroxyl groups is 5. The van der Waals surface area contributed by atoms with Crippen LogP contribution in [0, 0.1) is 0 Å². The van der Waals surface area contributed by atoms with Crippen LogP contribution >= 0.6 is 0 Å². The molecule has 0 aromatic carbocycles. The Morgan fingerprint density at radius 3 is 0.986 bits per heavy atom. The minimum atomic E-state index is -1.55. The van der Waals surface area contributed by atoms with Crippen LogP contribution in [-0.2, 0) is 14.3 Å². The lowest BCUT2D eigenvalue weighted by molar-refractivity contribution is -0.302. The Labute approximate surface area is 446 Å². The SMILES string of the molecule is CCCCCCCCCCCCCCCCCCCCCCCCCCCC(=O)NC(COC1OC(CO)C(O)C(O)C1O)C(O)CCCCCCCCCCCCCCCCCCCCCCCCCC. The Balaban J connectivity index is 2.14. The maximum Gasteiger partial charge on any atom is 0.220 e. The monoisotopic (exact) mass is 1020 g/mol. The lowest BCUT2D eigenvalue weighted by Gasteiger charge is -2.40. The number of amides is 1. The second-order valence-electron chi connectivity index (χ2n) is 22.9. The van der Waals surface area contributed by atoms with Gasteiger partial charge in [0.05, 0.1) is 25.4 Å². The number of carbonyl (C=O) groups excluding carboxylic acids is 1. The van der Waals surface area contributed by atoms with E-state index in [0.717, 1.165) is 38.5 Å². The van der Waals surface area contributed by atoms with Crippen molar-refractivity contribution in [2.75, 3.05) is 13.2 Å². The third-order valence-corrected chi connectivity index (χ3v) is 16.0. The Hall–Kier alpha value is -0.810. The summed E-state index contributed by atoms with van der Waals surface area (Å²) in [7, 11) is 0. The number of aliphatic hydroxyl groups excluding tert-OH is 5. The highest BCUT2D eigenvalue weighted by Gasteiger charge is 2.44. The minimum absolute atomic E-state index is 0.130. The first-order chi connectivity index (χ1) is 35.3. The predicted octanol–water partition coefficient (Wildman–Crippen LogP) is 16.6. The molecule has 1 rings (SSSR count). The van der Waals surface area contributed by atoms with Gasteiger partial charge in [-0.1, -0.05) is 322 Å². The van der Waals surface area contributed by atoms with Gasteiger partial charge in [-0.15, -0.1) is 0 Å². The van der Waals surface area contributed by atoms with Gasteiger partial charge < -0.3 is 40.3 Å². The molecule has 9 heteroatoms. The smallest absolute Gasteiger partial charge is 0.220 e. The first-order valence-corrected chi connectivity index (χ1v) is 32.2. The van der Waals surface area contributed by atoms with Crippen LogP contribution in [0.4, 0.5) is 0 Å². The Kier molecular flexibility index (Phi) is 51.5. The molecule has 9 nitrogen and oxygen atoms in total. The number of nitrogens with one attached hydrogen (secondary N) is 1. The van der Waals surface area contributed by atoms with Gasteiger partial charge in [0.15, 0.2) is 6.29 Å². The van der Waals surface area contributed by atoms with Gasteiger partial charge in [0.1, 0.15) is 24.4 Å². The van der Waals surface area contributed by atoms with Crippen LogP contribution in [0.3, 0.4) is 0 Å². The van der Waals surface area contributed by atoms with E-state index >= 15 is 0 Å². The van der Waals surface area contributed by atoms with Gasteiger partial charge in [-0.05, 0) is 12.8 Å². The zero-order valence-corrected chi connectivity index (χ0v) is 48.0. The van der Waals surface area contributed by atoms with E-state index in [1.54, 1.807) is 0 Å². The van der Waals surface area contributed by atoms with E-state index in [2.05, 4.69) is 19.2 Å². The lowest BCUT2D eigenvalue weighted by atomic mass is 9.99. The molecule has 1 aliphatic rings.